The van der Waals surface area contributed by atoms with Gasteiger partial charge in [-0.05, 0) is 44.2 Å². The number of rotatable bonds is 1. The Bertz CT molecular complexity index is 467. The van der Waals surface area contributed by atoms with Crippen molar-refractivity contribution in [3.8, 4) is 0 Å². The van der Waals surface area contributed by atoms with Crippen LogP contribution in [0.3, 0.4) is 0 Å². The van der Waals surface area contributed by atoms with Gasteiger partial charge < -0.3 is 10.3 Å². The van der Waals surface area contributed by atoms with Crippen LogP contribution in [-0.2, 0) is 12.8 Å². The van der Waals surface area contributed by atoms with Crippen LogP contribution < -0.4 is 5.32 Å². The lowest BCUT2D eigenvalue weighted by Crippen LogP contribution is -2.44. The van der Waals surface area contributed by atoms with Crippen molar-refractivity contribution in [1.82, 2.24) is 10.3 Å². The van der Waals surface area contributed by atoms with Gasteiger partial charge in [0.1, 0.15) is 0 Å². The Balaban J connectivity index is 0.00000120. The minimum atomic E-state index is 0. The lowest BCUT2D eigenvalue weighted by molar-refractivity contribution is 0.0817. The molecule has 100 valence electrons. The Kier molecular flexibility index (Phi) is 3.83. The third kappa shape index (κ3) is 1.90. The number of aromatic nitrogens is 1. The zero-order valence-corrected chi connectivity index (χ0v) is 11.8. The van der Waals surface area contributed by atoms with Crippen LogP contribution in [0.4, 0.5) is 0 Å². The van der Waals surface area contributed by atoms with Crippen LogP contribution in [0.2, 0.25) is 0 Å². The van der Waals surface area contributed by atoms with Gasteiger partial charge in [-0.25, -0.2) is 0 Å². The van der Waals surface area contributed by atoms with Crippen molar-refractivity contribution in [3.63, 3.8) is 0 Å². The minimum Gasteiger partial charge on any atom is -0.362 e. The van der Waals surface area contributed by atoms with E-state index in [0.717, 1.165) is 37.9 Å². The molecule has 3 rings (SSSR count). The molecule has 2 heterocycles. The molecule has 2 atom stereocenters. The molecule has 1 aromatic heterocycles. The third-order valence-corrected chi connectivity index (χ3v) is 4.42. The maximum Gasteiger partial charge on any atom is 0.169 e. The predicted molar refractivity (Wildman–Crippen MR) is 74.7 cm³/mol. The lowest BCUT2D eigenvalue weighted by atomic mass is 9.73. The molecule has 18 heavy (non-hydrogen) atoms. The summed E-state index contributed by atoms with van der Waals surface area (Å²) in [5, 5.41) is 3.36. The van der Waals surface area contributed by atoms with Gasteiger partial charge in [0.05, 0.1) is 0 Å². The molecule has 3 nitrogen and oxygen atoms in total. The van der Waals surface area contributed by atoms with Crippen molar-refractivity contribution >= 4 is 18.2 Å². The molecule has 1 aliphatic heterocycles. The Morgan fingerprint density at radius 3 is 2.89 bits per heavy atom. The molecule has 0 spiro atoms. The SMILES string of the molecule is CCc1c(C)[nH]c2c1C(=O)[C@@H]1CNCC[C@H]1C2.Cl. The number of H-pyrrole nitrogens is 1. The molecule has 2 aliphatic rings. The first-order chi connectivity index (χ1) is 8.22. The summed E-state index contributed by atoms with van der Waals surface area (Å²) in [6.07, 6.45) is 3.15. The number of fused-ring (bicyclic) bond motifs is 2. The molecule has 4 heteroatoms. The van der Waals surface area contributed by atoms with E-state index in [2.05, 4.69) is 24.1 Å². The highest BCUT2D eigenvalue weighted by molar-refractivity contribution is 6.02. The summed E-state index contributed by atoms with van der Waals surface area (Å²) in [6.45, 7) is 6.15. The molecule has 1 saturated heterocycles. The summed E-state index contributed by atoms with van der Waals surface area (Å²) in [4.78, 5) is 16.0. The Morgan fingerprint density at radius 2 is 2.17 bits per heavy atom. The van der Waals surface area contributed by atoms with E-state index in [1.165, 1.54) is 17.0 Å². The third-order valence-electron chi connectivity index (χ3n) is 4.42. The number of nitrogens with one attached hydrogen (secondary N) is 2. The molecule has 1 fully saturated rings. The van der Waals surface area contributed by atoms with Gasteiger partial charge in [0.15, 0.2) is 5.78 Å². The van der Waals surface area contributed by atoms with E-state index in [4.69, 9.17) is 0 Å². The molecule has 0 saturated carbocycles. The summed E-state index contributed by atoms with van der Waals surface area (Å²) in [5.41, 5.74) is 4.66. The maximum atomic E-state index is 12.6. The number of carbonyl (C=O) groups excluding carboxylic acids is 1. The molecular formula is C14H21ClN2O. The molecular weight excluding hydrogens is 248 g/mol. The first-order valence-electron chi connectivity index (χ1n) is 6.67. The number of hydrogen-bond acceptors (Lipinski definition) is 2. The smallest absolute Gasteiger partial charge is 0.169 e. The second-order valence-corrected chi connectivity index (χ2v) is 5.36. The van der Waals surface area contributed by atoms with Gasteiger partial charge in [0.2, 0.25) is 0 Å². The fourth-order valence-corrected chi connectivity index (χ4v) is 3.54. The van der Waals surface area contributed by atoms with E-state index in [0.29, 0.717) is 11.7 Å². The van der Waals surface area contributed by atoms with Crippen LogP contribution in [0.1, 0.15) is 40.7 Å². The molecule has 2 N–H and O–H groups in total. The second-order valence-electron chi connectivity index (χ2n) is 5.36. The number of aromatic amines is 1. The highest BCUT2D eigenvalue weighted by Crippen LogP contribution is 2.36. The number of Topliss-reactive ketones (excluding diaryl/α,β-unsaturated/α-hetero) is 1. The second kappa shape index (κ2) is 5.06. The van der Waals surface area contributed by atoms with E-state index in [-0.39, 0.29) is 18.3 Å². The summed E-state index contributed by atoms with van der Waals surface area (Å²) >= 11 is 0. The fraction of sp³-hybridized carbons (Fsp3) is 0.643. The topological polar surface area (TPSA) is 44.9 Å². The quantitative estimate of drug-likeness (QED) is 0.821. The molecule has 0 aromatic carbocycles. The first kappa shape index (κ1) is 13.6. The van der Waals surface area contributed by atoms with Gasteiger partial charge in [0.25, 0.3) is 0 Å². The molecule has 0 amide bonds. The number of hydrogen-bond donors (Lipinski definition) is 2. The molecule has 1 aliphatic carbocycles. The maximum absolute atomic E-state index is 12.6. The van der Waals surface area contributed by atoms with Crippen LogP contribution in [0.15, 0.2) is 0 Å². The average molecular weight is 269 g/mol. The van der Waals surface area contributed by atoms with Gasteiger partial charge in [-0.15, -0.1) is 12.4 Å². The van der Waals surface area contributed by atoms with Crippen molar-refractivity contribution in [2.24, 2.45) is 11.8 Å². The fourth-order valence-electron chi connectivity index (χ4n) is 3.54. The van der Waals surface area contributed by atoms with Crippen molar-refractivity contribution < 1.29 is 4.79 Å². The van der Waals surface area contributed by atoms with E-state index < -0.39 is 0 Å². The Labute approximate surface area is 114 Å². The van der Waals surface area contributed by atoms with Crippen LogP contribution in [0, 0.1) is 18.8 Å². The zero-order valence-electron chi connectivity index (χ0n) is 11.0. The van der Waals surface area contributed by atoms with Gasteiger partial charge in [0, 0.05) is 29.4 Å². The van der Waals surface area contributed by atoms with Crippen LogP contribution >= 0.6 is 12.4 Å². The Morgan fingerprint density at radius 1 is 1.39 bits per heavy atom. The zero-order chi connectivity index (χ0) is 12.0. The van der Waals surface area contributed by atoms with Crippen LogP contribution in [0.25, 0.3) is 0 Å². The van der Waals surface area contributed by atoms with Crippen molar-refractivity contribution in [1.29, 1.82) is 0 Å². The monoisotopic (exact) mass is 268 g/mol. The number of aryl methyl sites for hydroxylation is 1. The molecule has 0 radical (unpaired) electrons. The number of piperidine rings is 1. The van der Waals surface area contributed by atoms with Crippen molar-refractivity contribution in [2.45, 2.75) is 33.1 Å². The number of ketones is 1. The van der Waals surface area contributed by atoms with E-state index >= 15 is 0 Å². The lowest BCUT2D eigenvalue weighted by Gasteiger charge is -2.34. The van der Waals surface area contributed by atoms with E-state index in [9.17, 15) is 4.79 Å². The summed E-state index contributed by atoms with van der Waals surface area (Å²) in [6, 6.07) is 0. The van der Waals surface area contributed by atoms with Crippen molar-refractivity contribution in [2.75, 3.05) is 13.1 Å². The predicted octanol–water partition coefficient (Wildman–Crippen LogP) is 2.27. The van der Waals surface area contributed by atoms with E-state index in [1.54, 1.807) is 0 Å². The average Bonchev–Trinajstić information content (AvgIpc) is 2.65. The molecule has 0 unspecified atom stereocenters. The summed E-state index contributed by atoms with van der Waals surface area (Å²) in [5.74, 6) is 1.15. The van der Waals surface area contributed by atoms with Gasteiger partial charge >= 0.3 is 0 Å². The van der Waals surface area contributed by atoms with Gasteiger partial charge in [-0.3, -0.25) is 4.79 Å². The molecule has 1 aromatic rings. The van der Waals surface area contributed by atoms with Gasteiger partial charge in [-0.1, -0.05) is 6.92 Å². The highest BCUT2D eigenvalue weighted by Gasteiger charge is 2.39. The van der Waals surface area contributed by atoms with E-state index in [1.807, 2.05) is 0 Å². The number of carbonyl (C=O) groups is 1. The van der Waals surface area contributed by atoms with Crippen LogP contribution in [-0.4, -0.2) is 23.9 Å². The summed E-state index contributed by atoms with van der Waals surface area (Å²) < 4.78 is 0. The largest absolute Gasteiger partial charge is 0.362 e. The minimum absolute atomic E-state index is 0. The number of halogens is 1. The normalized spacial score (nSPS) is 26.2. The first-order valence-corrected chi connectivity index (χ1v) is 6.67. The van der Waals surface area contributed by atoms with Gasteiger partial charge in [-0.2, -0.15) is 0 Å². The van der Waals surface area contributed by atoms with Crippen molar-refractivity contribution in [3.05, 3.63) is 22.5 Å². The molecule has 0 bridgehead atoms. The Hall–Kier alpha value is -0.800. The highest BCUT2D eigenvalue weighted by atomic mass is 35.5. The van der Waals surface area contributed by atoms with Crippen LogP contribution in [0.5, 0.6) is 0 Å². The summed E-state index contributed by atoms with van der Waals surface area (Å²) in [7, 11) is 0. The standard InChI is InChI=1S/C14H20N2O.ClH/c1-3-10-8(2)16-12-6-9-4-5-15-7-11(9)14(17)13(10)12;/h9,11,15-16H,3-7H2,1-2H3;1H/t9-,11+;/m0./s1.